The van der Waals surface area contributed by atoms with E-state index in [1.165, 1.54) is 0 Å². The molecule has 1 aromatic carbocycles. The van der Waals surface area contributed by atoms with Crippen LogP contribution in [-0.4, -0.2) is 18.8 Å². The fourth-order valence-electron chi connectivity index (χ4n) is 0.876. The zero-order valence-corrected chi connectivity index (χ0v) is 6.45. The van der Waals surface area contributed by atoms with E-state index in [0.29, 0.717) is 6.61 Å². The fourth-order valence-corrected chi connectivity index (χ4v) is 0.876. The van der Waals surface area contributed by atoms with E-state index in [1.807, 2.05) is 12.1 Å². The summed E-state index contributed by atoms with van der Waals surface area (Å²) in [5, 5.41) is 9.38. The van der Waals surface area contributed by atoms with Crippen molar-refractivity contribution >= 4 is 0 Å². The minimum absolute atomic E-state index is 0.337. The van der Waals surface area contributed by atoms with Gasteiger partial charge in [0.1, 0.15) is 6.10 Å². The van der Waals surface area contributed by atoms with E-state index in [9.17, 15) is 5.11 Å². The molecule has 1 N–H and O–H groups in total. The van der Waals surface area contributed by atoms with Crippen molar-refractivity contribution in [1.29, 1.82) is 0 Å². The quantitative estimate of drug-likeness (QED) is 0.702. The molecule has 2 heteroatoms. The van der Waals surface area contributed by atoms with Gasteiger partial charge in [0.25, 0.3) is 0 Å². The molecular weight excluding hydrogens is 140 g/mol. The highest BCUT2D eigenvalue weighted by Crippen LogP contribution is 2.10. The second-order valence-electron chi connectivity index (χ2n) is 2.30. The van der Waals surface area contributed by atoms with Gasteiger partial charge in [-0.3, -0.25) is 0 Å². The van der Waals surface area contributed by atoms with Crippen LogP contribution in [0.1, 0.15) is 11.7 Å². The maximum atomic E-state index is 9.38. The molecule has 0 saturated carbocycles. The van der Waals surface area contributed by atoms with Crippen LogP contribution in [0.25, 0.3) is 0 Å². The second kappa shape index (κ2) is 4.11. The maximum absolute atomic E-state index is 9.38. The number of aliphatic hydroxyl groups is 1. The molecule has 59 valence electrons. The average molecular weight is 151 g/mol. The lowest BCUT2D eigenvalue weighted by atomic mass is 10.1. The van der Waals surface area contributed by atoms with Crippen molar-refractivity contribution in [1.82, 2.24) is 0 Å². The highest BCUT2D eigenvalue weighted by Gasteiger charge is 2.04. The van der Waals surface area contributed by atoms with E-state index < -0.39 is 6.10 Å². The molecule has 0 aliphatic carbocycles. The number of ether oxygens (including phenoxy) is 1. The molecular formula is C9H11O2. The van der Waals surface area contributed by atoms with Gasteiger partial charge in [0.2, 0.25) is 0 Å². The van der Waals surface area contributed by atoms with Gasteiger partial charge in [-0.2, -0.15) is 0 Å². The number of hydrogen-bond donors (Lipinski definition) is 1. The van der Waals surface area contributed by atoms with E-state index in [4.69, 9.17) is 4.74 Å². The van der Waals surface area contributed by atoms with Crippen molar-refractivity contribution in [3.63, 3.8) is 0 Å². The summed E-state index contributed by atoms with van der Waals surface area (Å²) in [6.45, 7) is 0.337. The van der Waals surface area contributed by atoms with Gasteiger partial charge in [-0.25, -0.2) is 0 Å². The van der Waals surface area contributed by atoms with Gasteiger partial charge in [-0.05, 0) is 11.6 Å². The molecule has 1 atom stereocenters. The third-order valence-corrected chi connectivity index (χ3v) is 1.45. The van der Waals surface area contributed by atoms with Crippen LogP contribution in [0.15, 0.2) is 24.3 Å². The fraction of sp³-hybridized carbons (Fsp3) is 0.333. The molecule has 11 heavy (non-hydrogen) atoms. The summed E-state index contributed by atoms with van der Waals surface area (Å²) in [4.78, 5) is 0. The van der Waals surface area contributed by atoms with Crippen LogP contribution in [0.2, 0.25) is 0 Å². The average Bonchev–Trinajstić information content (AvgIpc) is 2.07. The summed E-state index contributed by atoms with van der Waals surface area (Å²) in [5.74, 6) is 0. The zero-order valence-electron chi connectivity index (χ0n) is 6.45. The lowest BCUT2D eigenvalue weighted by molar-refractivity contribution is 0.0644. The first-order chi connectivity index (χ1) is 5.34. The highest BCUT2D eigenvalue weighted by molar-refractivity contribution is 5.16. The topological polar surface area (TPSA) is 29.5 Å². The van der Waals surface area contributed by atoms with E-state index in [0.717, 1.165) is 5.56 Å². The third kappa shape index (κ3) is 2.33. The molecule has 2 nitrogen and oxygen atoms in total. The molecule has 0 aliphatic heterocycles. The zero-order chi connectivity index (χ0) is 8.10. The van der Waals surface area contributed by atoms with Crippen LogP contribution in [-0.2, 0) is 4.74 Å². The van der Waals surface area contributed by atoms with Crippen molar-refractivity contribution in [2.75, 3.05) is 13.7 Å². The molecule has 0 amide bonds. The molecule has 0 bridgehead atoms. The van der Waals surface area contributed by atoms with Gasteiger partial charge < -0.3 is 9.84 Å². The molecule has 0 heterocycles. The Balaban J connectivity index is 2.61. The molecule has 0 fully saturated rings. The number of rotatable bonds is 3. The summed E-state index contributed by atoms with van der Waals surface area (Å²) in [5.41, 5.74) is 0.866. The predicted molar refractivity (Wildman–Crippen MR) is 42.1 cm³/mol. The summed E-state index contributed by atoms with van der Waals surface area (Å²) >= 11 is 0. The lowest BCUT2D eigenvalue weighted by Crippen LogP contribution is -2.04. The van der Waals surface area contributed by atoms with E-state index in [-0.39, 0.29) is 0 Å². The highest BCUT2D eigenvalue weighted by atomic mass is 16.5. The van der Waals surface area contributed by atoms with Gasteiger partial charge in [-0.1, -0.05) is 24.3 Å². The van der Waals surface area contributed by atoms with Crippen molar-refractivity contribution in [3.05, 3.63) is 35.9 Å². The van der Waals surface area contributed by atoms with Gasteiger partial charge in [0, 0.05) is 7.11 Å². The van der Waals surface area contributed by atoms with Crippen LogP contribution in [0.3, 0.4) is 0 Å². The molecule has 1 unspecified atom stereocenters. The third-order valence-electron chi connectivity index (χ3n) is 1.45. The minimum Gasteiger partial charge on any atom is -0.386 e. The number of hydrogen-bond acceptors (Lipinski definition) is 2. The van der Waals surface area contributed by atoms with Crippen LogP contribution < -0.4 is 0 Å². The summed E-state index contributed by atoms with van der Waals surface area (Å²) in [6, 6.07) is 10.1. The second-order valence-corrected chi connectivity index (χ2v) is 2.30. The Morgan fingerprint density at radius 3 is 2.73 bits per heavy atom. The molecule has 1 aromatic rings. The normalized spacial score (nSPS) is 12.9. The van der Waals surface area contributed by atoms with Gasteiger partial charge in [-0.15, -0.1) is 0 Å². The Bertz CT molecular complexity index is 196. The first-order valence-electron chi connectivity index (χ1n) is 3.47. The Hall–Kier alpha value is -0.860. The first-order valence-corrected chi connectivity index (χ1v) is 3.47. The smallest absolute Gasteiger partial charge is 0.102 e. The molecule has 1 radical (unpaired) electrons. The van der Waals surface area contributed by atoms with Crippen molar-refractivity contribution in [3.8, 4) is 0 Å². The lowest BCUT2D eigenvalue weighted by Gasteiger charge is -2.08. The summed E-state index contributed by atoms with van der Waals surface area (Å²) in [6.07, 6.45) is -0.519. The molecule has 0 saturated heterocycles. The van der Waals surface area contributed by atoms with Gasteiger partial charge >= 0.3 is 0 Å². The first kappa shape index (κ1) is 8.24. The monoisotopic (exact) mass is 151 g/mol. The van der Waals surface area contributed by atoms with Crippen LogP contribution >= 0.6 is 0 Å². The van der Waals surface area contributed by atoms with Gasteiger partial charge in [0.15, 0.2) is 0 Å². The van der Waals surface area contributed by atoms with Crippen LogP contribution in [0, 0.1) is 6.07 Å². The molecule has 0 spiro atoms. The maximum Gasteiger partial charge on any atom is 0.102 e. The van der Waals surface area contributed by atoms with E-state index >= 15 is 0 Å². The summed E-state index contributed by atoms with van der Waals surface area (Å²) in [7, 11) is 1.57. The van der Waals surface area contributed by atoms with E-state index in [2.05, 4.69) is 6.07 Å². The number of methoxy groups -OCH3 is 1. The standard InChI is InChI=1S/C9H11O2/c1-11-7-9(10)8-5-3-2-4-6-8/h3-6,9-10H,7H2,1H3. The molecule has 1 rings (SSSR count). The Morgan fingerprint density at radius 2 is 2.18 bits per heavy atom. The van der Waals surface area contributed by atoms with Crippen molar-refractivity contribution in [2.24, 2.45) is 0 Å². The summed E-state index contributed by atoms with van der Waals surface area (Å²) < 4.78 is 4.80. The molecule has 0 aliphatic rings. The van der Waals surface area contributed by atoms with Crippen LogP contribution in [0.5, 0.6) is 0 Å². The van der Waals surface area contributed by atoms with Crippen LogP contribution in [0.4, 0.5) is 0 Å². The Kier molecular flexibility index (Phi) is 3.08. The Labute approximate surface area is 66.4 Å². The SMILES string of the molecule is COCC(O)c1cc[c]cc1. The number of benzene rings is 1. The predicted octanol–water partition coefficient (Wildman–Crippen LogP) is 1.17. The van der Waals surface area contributed by atoms with Crippen molar-refractivity contribution < 1.29 is 9.84 Å². The van der Waals surface area contributed by atoms with Crippen molar-refractivity contribution in [2.45, 2.75) is 6.10 Å². The molecule has 0 aromatic heterocycles. The largest absolute Gasteiger partial charge is 0.386 e. The Morgan fingerprint density at radius 1 is 1.55 bits per heavy atom. The minimum atomic E-state index is -0.519. The number of aliphatic hydroxyl groups excluding tert-OH is 1. The van der Waals surface area contributed by atoms with Gasteiger partial charge in [0.05, 0.1) is 6.61 Å². The van der Waals surface area contributed by atoms with E-state index in [1.54, 1.807) is 19.2 Å².